The van der Waals surface area contributed by atoms with Gasteiger partial charge in [-0.3, -0.25) is 4.79 Å². The number of carbonyl (C=O) groups excluding carboxylic acids is 1. The van der Waals surface area contributed by atoms with Gasteiger partial charge in [-0.2, -0.15) is 6.42 Å². The number of amides is 1. The van der Waals surface area contributed by atoms with Gasteiger partial charge in [0, 0.05) is 38.8 Å². The number of benzene rings is 2. The van der Waals surface area contributed by atoms with E-state index in [1.54, 1.807) is 7.11 Å². The van der Waals surface area contributed by atoms with Crippen molar-refractivity contribution in [2.75, 3.05) is 13.7 Å². The summed E-state index contributed by atoms with van der Waals surface area (Å²) in [7, 11) is 1.61. The van der Waals surface area contributed by atoms with Gasteiger partial charge in [0.1, 0.15) is 5.75 Å². The van der Waals surface area contributed by atoms with Gasteiger partial charge in [0.15, 0.2) is 0 Å². The van der Waals surface area contributed by atoms with Gasteiger partial charge in [-0.05, 0) is 67.8 Å². The molecule has 0 spiro atoms. The Hall–Kier alpha value is -1.23. The summed E-state index contributed by atoms with van der Waals surface area (Å²) in [6, 6.07) is 16.9. The standard InChI is InChI=1S/C27H35N2O2.Y/c1-31-26-14-11-23(17-21-5-3-2-4-6-21)18-25(26)27(30)28-16-15-20-9-12-24(13-10-20)29-19-22-7-8-22;/h2-6,11,14,16,18,20,22,24,29H,7-10,12-13,15,17,19H2,1H3,(H,28,30);/q-1;. The smallest absolute Gasteiger partial charge is 0.226 e. The third-order valence-corrected chi connectivity index (χ3v) is 6.68. The van der Waals surface area contributed by atoms with Crippen molar-refractivity contribution in [1.29, 1.82) is 0 Å². The van der Waals surface area contributed by atoms with Gasteiger partial charge in [0.05, 0.1) is 12.7 Å². The maximum Gasteiger partial charge on any atom is 0.226 e. The summed E-state index contributed by atoms with van der Waals surface area (Å²) in [5.74, 6) is 2.14. The molecule has 0 atom stereocenters. The van der Waals surface area contributed by atoms with E-state index in [4.69, 9.17) is 4.74 Å². The van der Waals surface area contributed by atoms with Gasteiger partial charge < -0.3 is 15.4 Å². The van der Waals surface area contributed by atoms with E-state index in [0.29, 0.717) is 23.3 Å². The Morgan fingerprint density at radius 3 is 2.38 bits per heavy atom. The molecule has 2 saturated carbocycles. The summed E-state index contributed by atoms with van der Waals surface area (Å²) in [5.41, 5.74) is 2.93. The van der Waals surface area contributed by atoms with Crippen LogP contribution in [-0.4, -0.2) is 25.6 Å². The van der Waals surface area contributed by atoms with Crippen LogP contribution in [0.3, 0.4) is 0 Å². The Balaban J connectivity index is 0.00000289. The van der Waals surface area contributed by atoms with Crippen LogP contribution in [0.1, 0.15) is 66.4 Å². The first-order chi connectivity index (χ1) is 15.2. The molecule has 2 N–H and O–H groups in total. The molecular weight excluding hydrogens is 473 g/mol. The van der Waals surface area contributed by atoms with Crippen molar-refractivity contribution in [3.05, 3.63) is 71.8 Å². The van der Waals surface area contributed by atoms with Crippen LogP contribution in [0, 0.1) is 18.4 Å². The van der Waals surface area contributed by atoms with Gasteiger partial charge in [-0.1, -0.05) is 55.2 Å². The number of methoxy groups -OCH3 is 1. The number of ether oxygens (including phenoxy) is 1. The predicted octanol–water partition coefficient (Wildman–Crippen LogP) is 5.12. The zero-order chi connectivity index (χ0) is 21.5. The van der Waals surface area contributed by atoms with Crippen LogP contribution in [-0.2, 0) is 39.1 Å². The molecule has 2 aliphatic rings. The third kappa shape index (κ3) is 7.68. The Kier molecular flexibility index (Phi) is 10.2. The molecule has 4 nitrogen and oxygen atoms in total. The largest absolute Gasteiger partial charge is 0.501 e. The van der Waals surface area contributed by atoms with Crippen molar-refractivity contribution in [3.63, 3.8) is 0 Å². The molecule has 0 bridgehead atoms. The summed E-state index contributed by atoms with van der Waals surface area (Å²) < 4.78 is 5.44. The minimum atomic E-state index is -0.0912. The van der Waals surface area contributed by atoms with Gasteiger partial charge in [0.2, 0.25) is 5.91 Å². The number of nitrogens with one attached hydrogen (secondary N) is 2. The van der Waals surface area contributed by atoms with Gasteiger partial charge in [0.25, 0.3) is 0 Å². The van der Waals surface area contributed by atoms with Crippen LogP contribution >= 0.6 is 0 Å². The van der Waals surface area contributed by atoms with Gasteiger partial charge >= 0.3 is 0 Å². The molecule has 2 fully saturated rings. The second-order valence-electron chi connectivity index (χ2n) is 9.18. The molecule has 1 radical (unpaired) electrons. The molecule has 0 saturated heterocycles. The summed E-state index contributed by atoms with van der Waals surface area (Å²) in [4.78, 5) is 12.8. The van der Waals surface area contributed by atoms with Crippen LogP contribution in [0.4, 0.5) is 0 Å². The molecule has 0 unspecified atom stereocenters. The fourth-order valence-electron chi connectivity index (χ4n) is 4.53. The van der Waals surface area contributed by atoms with Crippen molar-refractivity contribution in [2.45, 2.75) is 57.4 Å². The Bertz CT molecular complexity index is 846. The van der Waals surface area contributed by atoms with Gasteiger partial charge in [-0.25, -0.2) is 6.54 Å². The number of carbonyl (C=O) groups is 1. The first-order valence-corrected chi connectivity index (χ1v) is 11.8. The van der Waals surface area contributed by atoms with E-state index in [9.17, 15) is 4.79 Å². The monoisotopic (exact) mass is 508 g/mol. The second-order valence-corrected chi connectivity index (χ2v) is 9.18. The van der Waals surface area contributed by atoms with Gasteiger partial charge in [-0.15, -0.1) is 0 Å². The summed E-state index contributed by atoms with van der Waals surface area (Å²) in [5, 5.41) is 6.75. The van der Waals surface area contributed by atoms with E-state index in [0.717, 1.165) is 24.3 Å². The number of rotatable bonds is 10. The molecule has 5 heteroatoms. The van der Waals surface area contributed by atoms with E-state index in [2.05, 4.69) is 22.8 Å². The van der Waals surface area contributed by atoms with Crippen LogP contribution in [0.25, 0.3) is 0 Å². The molecule has 169 valence electrons. The number of hydrogen-bond acceptors (Lipinski definition) is 3. The molecule has 2 aromatic rings. The quantitative estimate of drug-likeness (QED) is 0.438. The normalized spacial score (nSPS) is 20.3. The van der Waals surface area contributed by atoms with Crippen LogP contribution in [0.2, 0.25) is 0 Å². The predicted molar refractivity (Wildman–Crippen MR) is 125 cm³/mol. The average molecular weight is 508 g/mol. The van der Waals surface area contributed by atoms with E-state index in [1.165, 1.54) is 50.6 Å². The molecule has 0 aromatic heterocycles. The second kappa shape index (κ2) is 12.9. The minimum Gasteiger partial charge on any atom is -0.501 e. The Labute approximate surface area is 218 Å². The van der Waals surface area contributed by atoms with Crippen molar-refractivity contribution in [1.82, 2.24) is 10.6 Å². The van der Waals surface area contributed by atoms with E-state index in [1.807, 2.05) is 42.9 Å². The van der Waals surface area contributed by atoms with Crippen molar-refractivity contribution in [2.24, 2.45) is 11.8 Å². The Morgan fingerprint density at radius 2 is 1.69 bits per heavy atom. The Morgan fingerprint density at radius 1 is 0.969 bits per heavy atom. The van der Waals surface area contributed by atoms with Crippen molar-refractivity contribution >= 4 is 5.91 Å². The zero-order valence-electron chi connectivity index (χ0n) is 19.2. The fourth-order valence-corrected chi connectivity index (χ4v) is 4.53. The topological polar surface area (TPSA) is 50.4 Å². The van der Waals surface area contributed by atoms with Crippen molar-refractivity contribution < 1.29 is 42.2 Å². The van der Waals surface area contributed by atoms with Crippen LogP contribution in [0.5, 0.6) is 5.75 Å². The summed E-state index contributed by atoms with van der Waals surface area (Å²) in [6.07, 6.45) is 9.56. The molecule has 1 amide bonds. The summed E-state index contributed by atoms with van der Waals surface area (Å²) in [6.45, 7) is 3.16. The average Bonchev–Trinajstić information content (AvgIpc) is 3.64. The molecule has 4 rings (SSSR count). The minimum absolute atomic E-state index is 0. The zero-order valence-corrected chi connectivity index (χ0v) is 22.0. The maximum absolute atomic E-state index is 12.8. The molecule has 32 heavy (non-hydrogen) atoms. The molecular formula is C27H35N2O2Y-. The van der Waals surface area contributed by atoms with E-state index < -0.39 is 0 Å². The van der Waals surface area contributed by atoms with Crippen LogP contribution < -0.4 is 15.4 Å². The first kappa shape index (κ1) is 25.4. The number of hydrogen-bond donors (Lipinski definition) is 2. The maximum atomic E-state index is 12.8. The summed E-state index contributed by atoms with van der Waals surface area (Å²) >= 11 is 0. The molecule has 0 heterocycles. The van der Waals surface area contributed by atoms with Crippen molar-refractivity contribution in [3.8, 4) is 5.75 Å². The molecule has 0 aliphatic heterocycles. The fraction of sp³-hybridized carbons (Fsp3) is 0.481. The SMILES string of the molecule is COc1ccc(Cc2ccccc2)cc1C(=O)N[CH-]CC1CCC(NCC2CC2)CC1.[Y]. The van der Waals surface area contributed by atoms with Crippen LogP contribution in [0.15, 0.2) is 48.5 Å². The van der Waals surface area contributed by atoms with E-state index in [-0.39, 0.29) is 38.6 Å². The van der Waals surface area contributed by atoms with E-state index >= 15 is 0 Å². The third-order valence-electron chi connectivity index (χ3n) is 6.68. The first-order valence-electron chi connectivity index (χ1n) is 11.8. The molecule has 2 aliphatic carbocycles. The molecule has 2 aromatic carbocycles.